The van der Waals surface area contributed by atoms with Crippen molar-refractivity contribution in [2.75, 3.05) is 14.1 Å². The molecule has 0 bridgehead atoms. The van der Waals surface area contributed by atoms with Gasteiger partial charge in [-0.3, -0.25) is 0 Å². The number of hydrogen-bond acceptors (Lipinski definition) is 3. The van der Waals surface area contributed by atoms with Crippen LogP contribution in [0.5, 0.6) is 0 Å². The Hall–Kier alpha value is -1.89. The average Bonchev–Trinajstić information content (AvgIpc) is 2.37. The van der Waals surface area contributed by atoms with E-state index in [1.807, 2.05) is 32.0 Å². The minimum Gasteiger partial charge on any atom is -0.377 e. The maximum atomic E-state index is 5.38. The predicted octanol–water partition coefficient (Wildman–Crippen LogP) is 2.91. The van der Waals surface area contributed by atoms with Crippen molar-refractivity contribution in [3.63, 3.8) is 0 Å². The summed E-state index contributed by atoms with van der Waals surface area (Å²) in [6, 6.07) is 0. The Balaban J connectivity index is 3.09. The fourth-order valence-electron chi connectivity index (χ4n) is 1.46. The predicted molar refractivity (Wildman–Crippen MR) is 73.6 cm³/mol. The molecule has 90 valence electrons. The Morgan fingerprint density at radius 3 is 2.94 bits per heavy atom. The molecule has 0 saturated carbocycles. The van der Waals surface area contributed by atoms with E-state index in [4.69, 9.17) is 6.57 Å². The second-order valence-electron chi connectivity index (χ2n) is 4.18. The number of rotatable bonds is 2. The molecule has 1 aliphatic rings. The SMILES string of the molecule is C#[N+]C(=C\N(C)C)/C1=N\C=C\CCCC(C)=N1. The first kappa shape index (κ1) is 13.2. The number of aliphatic imine (C=N–C) groups is 2. The lowest BCUT2D eigenvalue weighted by Gasteiger charge is -2.02. The molecule has 0 fully saturated rings. The molecule has 0 spiro atoms. The number of nitrogens with zero attached hydrogens (tertiary/aromatic N) is 4. The van der Waals surface area contributed by atoms with Crippen LogP contribution in [0.3, 0.4) is 0 Å². The van der Waals surface area contributed by atoms with E-state index in [0.717, 1.165) is 25.0 Å². The van der Waals surface area contributed by atoms with E-state index in [1.165, 1.54) is 0 Å². The molecular formula is C13H19N4+. The van der Waals surface area contributed by atoms with Crippen molar-refractivity contribution in [2.24, 2.45) is 9.98 Å². The largest absolute Gasteiger partial charge is 0.399 e. The van der Waals surface area contributed by atoms with Gasteiger partial charge >= 0.3 is 5.70 Å². The maximum absolute atomic E-state index is 5.38. The zero-order valence-electron chi connectivity index (χ0n) is 10.7. The van der Waals surface area contributed by atoms with Crippen molar-refractivity contribution in [2.45, 2.75) is 26.2 Å². The second-order valence-corrected chi connectivity index (χ2v) is 4.18. The molecule has 17 heavy (non-hydrogen) atoms. The molecule has 4 nitrogen and oxygen atoms in total. The maximum Gasteiger partial charge on any atom is 0.399 e. The first-order valence-electron chi connectivity index (χ1n) is 5.70. The van der Waals surface area contributed by atoms with Gasteiger partial charge in [-0.2, -0.15) is 0 Å². The van der Waals surface area contributed by atoms with Crippen LogP contribution in [0.1, 0.15) is 26.2 Å². The quantitative estimate of drug-likeness (QED) is 0.719. The van der Waals surface area contributed by atoms with Crippen molar-refractivity contribution in [1.82, 2.24) is 4.90 Å². The normalized spacial score (nSPS) is 22.1. The Morgan fingerprint density at radius 2 is 2.29 bits per heavy atom. The van der Waals surface area contributed by atoms with Crippen LogP contribution in [-0.4, -0.2) is 30.5 Å². The molecular weight excluding hydrogens is 212 g/mol. The van der Waals surface area contributed by atoms with E-state index in [0.29, 0.717) is 11.5 Å². The van der Waals surface area contributed by atoms with Gasteiger partial charge in [0.15, 0.2) is 0 Å². The van der Waals surface area contributed by atoms with Crippen LogP contribution in [0, 0.1) is 6.57 Å². The van der Waals surface area contributed by atoms with Crippen LogP contribution in [0.2, 0.25) is 0 Å². The molecule has 1 aliphatic heterocycles. The molecule has 4 heteroatoms. The van der Waals surface area contributed by atoms with Crippen molar-refractivity contribution < 1.29 is 0 Å². The minimum atomic E-state index is 0.567. The van der Waals surface area contributed by atoms with Crippen LogP contribution in [0.25, 0.3) is 4.85 Å². The summed E-state index contributed by atoms with van der Waals surface area (Å²) in [5.74, 6) is 0.567. The van der Waals surface area contributed by atoms with Crippen LogP contribution >= 0.6 is 0 Å². The third kappa shape index (κ3) is 4.64. The molecule has 1 rings (SSSR count). The van der Waals surface area contributed by atoms with Gasteiger partial charge in [0.2, 0.25) is 5.84 Å². The summed E-state index contributed by atoms with van der Waals surface area (Å²) in [4.78, 5) is 14.4. The third-order valence-electron chi connectivity index (χ3n) is 2.26. The van der Waals surface area contributed by atoms with E-state index in [9.17, 15) is 0 Å². The molecule has 0 saturated heterocycles. The molecule has 1 heterocycles. The van der Waals surface area contributed by atoms with Gasteiger partial charge in [0.25, 0.3) is 6.57 Å². The summed E-state index contributed by atoms with van der Waals surface area (Å²) in [6.45, 7) is 7.39. The molecule has 0 unspecified atom stereocenters. The molecule has 0 amide bonds. The molecule has 0 aromatic carbocycles. The monoisotopic (exact) mass is 231 g/mol. The lowest BCUT2D eigenvalue weighted by atomic mass is 10.2. The highest BCUT2D eigenvalue weighted by Gasteiger charge is 2.16. The highest BCUT2D eigenvalue weighted by Crippen LogP contribution is 2.09. The van der Waals surface area contributed by atoms with E-state index in [2.05, 4.69) is 14.8 Å². The number of hydrogen-bond donors (Lipinski definition) is 0. The molecule has 0 N–H and O–H groups in total. The fourth-order valence-corrected chi connectivity index (χ4v) is 1.46. The van der Waals surface area contributed by atoms with Gasteiger partial charge in [0.1, 0.15) is 0 Å². The number of allylic oxidation sites excluding steroid dienone is 1. The van der Waals surface area contributed by atoms with Gasteiger partial charge < -0.3 is 4.90 Å². The van der Waals surface area contributed by atoms with Crippen LogP contribution in [-0.2, 0) is 0 Å². The minimum absolute atomic E-state index is 0.567. The summed E-state index contributed by atoms with van der Waals surface area (Å²) in [5.41, 5.74) is 1.64. The van der Waals surface area contributed by atoms with Crippen molar-refractivity contribution in [1.29, 1.82) is 0 Å². The summed E-state index contributed by atoms with van der Waals surface area (Å²) < 4.78 is 0. The van der Waals surface area contributed by atoms with Gasteiger partial charge in [-0.05, 0) is 31.0 Å². The van der Waals surface area contributed by atoms with E-state index in [-0.39, 0.29) is 0 Å². The molecule has 0 radical (unpaired) electrons. The standard InChI is InChI=1S/C13H19N4/c1-11-8-6-5-7-9-15-13(16-11)12(14-2)10-17(3)4/h2,7,9-10H,5-6,8H2,1,3-4H3/q+1/b9-7+,12-10-,15-13+,16-11?. The topological polar surface area (TPSA) is 32.3 Å². The molecule has 0 aromatic heterocycles. The zero-order chi connectivity index (χ0) is 12.7. The lowest BCUT2D eigenvalue weighted by Crippen LogP contribution is -2.07. The lowest BCUT2D eigenvalue weighted by molar-refractivity contribution is 0.562. The molecule has 0 aliphatic carbocycles. The zero-order valence-corrected chi connectivity index (χ0v) is 10.7. The average molecular weight is 231 g/mol. The smallest absolute Gasteiger partial charge is 0.377 e. The van der Waals surface area contributed by atoms with Crippen LogP contribution in [0.4, 0.5) is 0 Å². The first-order chi connectivity index (χ1) is 8.13. The third-order valence-corrected chi connectivity index (χ3v) is 2.26. The summed E-state index contributed by atoms with van der Waals surface area (Å²) in [5, 5.41) is 0. The Bertz CT molecular complexity index is 419. The summed E-state index contributed by atoms with van der Waals surface area (Å²) >= 11 is 0. The van der Waals surface area contributed by atoms with E-state index < -0.39 is 0 Å². The Labute approximate surface area is 103 Å². The fraction of sp³-hybridized carbons (Fsp3) is 0.462. The van der Waals surface area contributed by atoms with Gasteiger partial charge in [-0.15, -0.1) is 0 Å². The highest BCUT2D eigenvalue weighted by atomic mass is 15.1. The Kier molecular flexibility index (Phi) is 5.15. The van der Waals surface area contributed by atoms with Gasteiger partial charge in [0.05, 0.1) is 6.20 Å². The molecule has 0 aromatic rings. The van der Waals surface area contributed by atoms with Gasteiger partial charge in [-0.1, -0.05) is 6.08 Å². The van der Waals surface area contributed by atoms with Crippen molar-refractivity contribution in [3.05, 3.63) is 29.0 Å². The summed E-state index contributed by atoms with van der Waals surface area (Å²) in [7, 11) is 3.82. The van der Waals surface area contributed by atoms with Crippen molar-refractivity contribution >= 4 is 11.5 Å². The van der Waals surface area contributed by atoms with E-state index in [1.54, 1.807) is 12.4 Å². The van der Waals surface area contributed by atoms with Crippen LogP contribution < -0.4 is 0 Å². The number of amidine groups is 1. The second kappa shape index (κ2) is 6.64. The van der Waals surface area contributed by atoms with Crippen LogP contribution in [0.15, 0.2) is 34.2 Å². The molecule has 0 atom stereocenters. The van der Waals surface area contributed by atoms with E-state index >= 15 is 0 Å². The van der Waals surface area contributed by atoms with Gasteiger partial charge in [0, 0.05) is 26.0 Å². The Morgan fingerprint density at radius 1 is 1.53 bits per heavy atom. The van der Waals surface area contributed by atoms with Gasteiger partial charge in [-0.25, -0.2) is 9.98 Å². The first-order valence-corrected chi connectivity index (χ1v) is 5.70. The highest BCUT2D eigenvalue weighted by molar-refractivity contribution is 6.07. The summed E-state index contributed by atoms with van der Waals surface area (Å²) in [6.07, 6.45) is 8.71. The van der Waals surface area contributed by atoms with Crippen molar-refractivity contribution in [3.8, 4) is 6.57 Å².